The molecular weight excluding hydrogens is 304 g/mol. The Balaban J connectivity index is 1.53. The molecule has 0 fully saturated rings. The predicted octanol–water partition coefficient (Wildman–Crippen LogP) is 3.51. The summed E-state index contributed by atoms with van der Waals surface area (Å²) in [6, 6.07) is 15.8. The lowest BCUT2D eigenvalue weighted by Crippen LogP contribution is -2.05. The van der Waals surface area contributed by atoms with Gasteiger partial charge in [-0.3, -0.25) is 0 Å². The molecule has 0 atom stereocenters. The van der Waals surface area contributed by atoms with Gasteiger partial charge >= 0.3 is 6.09 Å². The molecule has 4 rings (SSSR count). The largest absolute Gasteiger partial charge is 0.442 e. The molecule has 0 radical (unpaired) electrons. The average molecular weight is 318 g/mol. The monoisotopic (exact) mass is 318 g/mol. The fourth-order valence-electron chi connectivity index (χ4n) is 2.61. The first-order valence-electron chi connectivity index (χ1n) is 7.57. The first kappa shape index (κ1) is 14.3. The van der Waals surface area contributed by atoms with Crippen molar-refractivity contribution < 1.29 is 9.53 Å². The summed E-state index contributed by atoms with van der Waals surface area (Å²) in [5.41, 5.74) is 3.66. The van der Waals surface area contributed by atoms with Gasteiger partial charge < -0.3 is 10.1 Å². The number of nitrogens with zero attached hydrogens (tertiary/aromatic N) is 3. The number of cyclic esters (lactones) is 1. The summed E-state index contributed by atoms with van der Waals surface area (Å²) in [6.45, 7) is 0.283. The highest BCUT2D eigenvalue weighted by Gasteiger charge is 2.14. The van der Waals surface area contributed by atoms with E-state index in [-0.39, 0.29) is 6.61 Å². The van der Waals surface area contributed by atoms with Crippen molar-refractivity contribution in [3.8, 4) is 0 Å². The molecule has 2 aromatic carbocycles. The van der Waals surface area contributed by atoms with Gasteiger partial charge in [-0.2, -0.15) is 4.99 Å². The Morgan fingerprint density at radius 2 is 1.88 bits per heavy atom. The zero-order valence-electron chi connectivity index (χ0n) is 12.8. The summed E-state index contributed by atoms with van der Waals surface area (Å²) in [4.78, 5) is 23.4. The average Bonchev–Trinajstić information content (AvgIpc) is 3.02. The Bertz CT molecular complexity index is 930. The van der Waals surface area contributed by atoms with E-state index in [9.17, 15) is 4.79 Å². The molecule has 0 unspecified atom stereocenters. The smallest absolute Gasteiger partial charge is 0.434 e. The molecule has 1 aromatic heterocycles. The third-order valence-electron chi connectivity index (χ3n) is 3.78. The lowest BCUT2D eigenvalue weighted by molar-refractivity contribution is 0.181. The third-order valence-corrected chi connectivity index (χ3v) is 3.78. The number of hydrogen-bond donors (Lipinski definition) is 1. The van der Waals surface area contributed by atoms with Crippen molar-refractivity contribution in [2.75, 3.05) is 11.9 Å². The van der Waals surface area contributed by atoms with E-state index < -0.39 is 6.09 Å². The maximum atomic E-state index is 11.0. The zero-order chi connectivity index (χ0) is 16.4. The molecule has 2 heterocycles. The summed E-state index contributed by atoms with van der Waals surface area (Å²) in [6.07, 6.45) is 1.66. The minimum absolute atomic E-state index is 0.283. The Labute approximate surface area is 138 Å². The number of fused-ring (bicyclic) bond motifs is 1. The SMILES string of the molecule is O=C1N=C(Cc2ccc(Nc3ncnc4ccccc34)cc2)CO1. The van der Waals surface area contributed by atoms with E-state index in [4.69, 9.17) is 4.74 Å². The lowest BCUT2D eigenvalue weighted by atomic mass is 10.1. The molecule has 1 N–H and O–H groups in total. The fourth-order valence-corrected chi connectivity index (χ4v) is 2.61. The van der Waals surface area contributed by atoms with E-state index in [2.05, 4.69) is 20.3 Å². The molecule has 0 bridgehead atoms. The van der Waals surface area contributed by atoms with Gasteiger partial charge in [0.15, 0.2) is 0 Å². The second kappa shape index (κ2) is 6.08. The first-order valence-corrected chi connectivity index (χ1v) is 7.57. The lowest BCUT2D eigenvalue weighted by Gasteiger charge is -2.09. The highest BCUT2D eigenvalue weighted by molar-refractivity contribution is 6.00. The number of nitrogens with one attached hydrogen (secondary N) is 1. The standard InChI is InChI=1S/C18H14N4O2/c23-18-22-14(10-24-18)9-12-5-7-13(8-6-12)21-17-15-3-1-2-4-16(15)19-11-20-17/h1-8,11H,9-10H2,(H,19,20,21). The van der Waals surface area contributed by atoms with Gasteiger partial charge in [-0.05, 0) is 29.8 Å². The van der Waals surface area contributed by atoms with Crippen molar-refractivity contribution in [1.82, 2.24) is 9.97 Å². The maximum absolute atomic E-state index is 11.0. The number of amides is 1. The molecule has 0 spiro atoms. The van der Waals surface area contributed by atoms with Crippen LogP contribution in [0.2, 0.25) is 0 Å². The Morgan fingerprint density at radius 3 is 2.67 bits per heavy atom. The van der Waals surface area contributed by atoms with Gasteiger partial charge in [-0.1, -0.05) is 24.3 Å². The number of benzene rings is 2. The normalized spacial score (nSPS) is 13.7. The summed E-state index contributed by atoms with van der Waals surface area (Å²) in [7, 11) is 0. The summed E-state index contributed by atoms with van der Waals surface area (Å²) in [5, 5.41) is 4.29. The molecule has 0 aliphatic carbocycles. The number of para-hydroxylation sites is 1. The molecule has 6 heteroatoms. The third kappa shape index (κ3) is 2.94. The van der Waals surface area contributed by atoms with Crippen LogP contribution in [0.15, 0.2) is 59.9 Å². The Hall–Kier alpha value is -3.28. The van der Waals surface area contributed by atoms with E-state index >= 15 is 0 Å². The predicted molar refractivity (Wildman–Crippen MR) is 91.7 cm³/mol. The van der Waals surface area contributed by atoms with Crippen LogP contribution in [0, 0.1) is 0 Å². The molecule has 6 nitrogen and oxygen atoms in total. The van der Waals surface area contributed by atoms with Crippen molar-refractivity contribution in [2.45, 2.75) is 6.42 Å². The topological polar surface area (TPSA) is 76.5 Å². The van der Waals surface area contributed by atoms with Gasteiger partial charge in [0.1, 0.15) is 18.8 Å². The van der Waals surface area contributed by atoms with Crippen LogP contribution in [0.4, 0.5) is 16.3 Å². The highest BCUT2D eigenvalue weighted by atomic mass is 16.6. The quantitative estimate of drug-likeness (QED) is 0.796. The molecule has 0 saturated carbocycles. The van der Waals surface area contributed by atoms with Gasteiger partial charge in [0, 0.05) is 17.5 Å². The van der Waals surface area contributed by atoms with Crippen molar-refractivity contribution in [3.63, 3.8) is 0 Å². The second-order valence-corrected chi connectivity index (χ2v) is 5.47. The minimum atomic E-state index is -0.501. The van der Waals surface area contributed by atoms with Gasteiger partial charge in [0.25, 0.3) is 0 Å². The van der Waals surface area contributed by atoms with E-state index in [0.717, 1.165) is 33.7 Å². The van der Waals surface area contributed by atoms with Crippen molar-refractivity contribution >= 4 is 34.2 Å². The van der Waals surface area contributed by atoms with Crippen LogP contribution >= 0.6 is 0 Å². The fraction of sp³-hybridized carbons (Fsp3) is 0.111. The second-order valence-electron chi connectivity index (χ2n) is 5.47. The van der Waals surface area contributed by atoms with Gasteiger partial charge in [-0.25, -0.2) is 14.8 Å². The number of anilines is 2. The summed E-state index contributed by atoms with van der Waals surface area (Å²) in [5.74, 6) is 0.771. The number of ether oxygens (including phenoxy) is 1. The van der Waals surface area contributed by atoms with Gasteiger partial charge in [0.05, 0.1) is 11.2 Å². The number of carbonyl (C=O) groups excluding carboxylic acids is 1. The van der Waals surface area contributed by atoms with Crippen molar-refractivity contribution in [2.24, 2.45) is 4.99 Å². The highest BCUT2D eigenvalue weighted by Crippen LogP contribution is 2.23. The number of hydrogen-bond acceptors (Lipinski definition) is 5. The first-order chi connectivity index (χ1) is 11.8. The Morgan fingerprint density at radius 1 is 1.04 bits per heavy atom. The number of rotatable bonds is 4. The van der Waals surface area contributed by atoms with Crippen LogP contribution in [0.3, 0.4) is 0 Å². The summed E-state index contributed by atoms with van der Waals surface area (Å²) < 4.78 is 4.81. The van der Waals surface area contributed by atoms with Crippen molar-refractivity contribution in [1.29, 1.82) is 0 Å². The zero-order valence-corrected chi connectivity index (χ0v) is 12.8. The molecule has 1 amide bonds. The van der Waals surface area contributed by atoms with Crippen LogP contribution in [-0.4, -0.2) is 28.4 Å². The number of carbonyl (C=O) groups is 1. The van der Waals surface area contributed by atoms with E-state index in [1.165, 1.54) is 0 Å². The van der Waals surface area contributed by atoms with E-state index in [0.29, 0.717) is 6.42 Å². The molecular formula is C18H14N4O2. The number of aromatic nitrogens is 2. The van der Waals surface area contributed by atoms with Crippen LogP contribution in [0.25, 0.3) is 10.9 Å². The molecule has 0 saturated heterocycles. The van der Waals surface area contributed by atoms with Crippen LogP contribution < -0.4 is 5.32 Å². The molecule has 1 aliphatic rings. The maximum Gasteiger partial charge on any atom is 0.434 e. The van der Waals surface area contributed by atoms with Crippen molar-refractivity contribution in [3.05, 3.63) is 60.4 Å². The van der Waals surface area contributed by atoms with Gasteiger partial charge in [-0.15, -0.1) is 0 Å². The Kier molecular flexibility index (Phi) is 3.63. The number of aliphatic imine (C=N–C) groups is 1. The van der Waals surface area contributed by atoms with Gasteiger partial charge in [0.2, 0.25) is 0 Å². The van der Waals surface area contributed by atoms with Crippen LogP contribution in [-0.2, 0) is 11.2 Å². The minimum Gasteiger partial charge on any atom is -0.442 e. The molecule has 24 heavy (non-hydrogen) atoms. The van der Waals surface area contributed by atoms with E-state index in [1.807, 2.05) is 48.5 Å². The van der Waals surface area contributed by atoms with E-state index in [1.54, 1.807) is 6.33 Å². The van der Waals surface area contributed by atoms with Crippen LogP contribution in [0.5, 0.6) is 0 Å². The summed E-state index contributed by atoms with van der Waals surface area (Å²) >= 11 is 0. The molecule has 3 aromatic rings. The molecule has 118 valence electrons. The van der Waals surface area contributed by atoms with Crippen LogP contribution in [0.1, 0.15) is 5.56 Å². The molecule has 1 aliphatic heterocycles.